The van der Waals surface area contributed by atoms with Crippen LogP contribution in [-0.4, -0.2) is 37.4 Å². The van der Waals surface area contributed by atoms with Gasteiger partial charge in [0.1, 0.15) is 5.75 Å². The number of carbonyl (C=O) groups is 4. The molecule has 0 spiro atoms. The minimum atomic E-state index is -0.718. The maximum absolute atomic E-state index is 12.8. The molecule has 3 amide bonds. The molecule has 0 radical (unpaired) electrons. The standard InChI is InChI=1S/C24H24N2O6/c1-31-18-9-5-7-16(13-18)25-21(27)14-32-24(30)15-6-4-8-17(12-15)26-22(28)19-10-2-3-11-20(19)23(26)29/h4-9,12-13,19-20H,2-3,10-11,14H2,1H3,(H,25,27)/t19-,20-/m0/s1. The molecule has 0 aromatic heterocycles. The van der Waals surface area contributed by atoms with Crippen molar-refractivity contribution in [1.29, 1.82) is 0 Å². The first-order valence-electron chi connectivity index (χ1n) is 10.6. The Balaban J connectivity index is 1.39. The molecule has 2 aliphatic rings. The van der Waals surface area contributed by atoms with Crippen LogP contribution in [0.3, 0.4) is 0 Å². The molecule has 1 N–H and O–H groups in total. The Labute approximate surface area is 185 Å². The van der Waals surface area contributed by atoms with Gasteiger partial charge >= 0.3 is 5.97 Å². The van der Waals surface area contributed by atoms with Crippen LogP contribution in [-0.2, 0) is 19.1 Å². The first kappa shape index (κ1) is 21.5. The van der Waals surface area contributed by atoms with E-state index in [1.807, 2.05) is 0 Å². The number of imide groups is 1. The number of fused-ring (bicyclic) bond motifs is 1. The summed E-state index contributed by atoms with van der Waals surface area (Å²) >= 11 is 0. The summed E-state index contributed by atoms with van der Waals surface area (Å²) in [6, 6.07) is 13.0. The minimum absolute atomic E-state index is 0.159. The van der Waals surface area contributed by atoms with Crippen LogP contribution in [0, 0.1) is 11.8 Å². The molecule has 0 unspecified atom stereocenters. The quantitative estimate of drug-likeness (QED) is 0.551. The van der Waals surface area contributed by atoms with Crippen molar-refractivity contribution in [2.24, 2.45) is 11.8 Å². The molecule has 1 aliphatic heterocycles. The third-order valence-electron chi connectivity index (χ3n) is 5.87. The maximum Gasteiger partial charge on any atom is 0.338 e. The van der Waals surface area contributed by atoms with Crippen LogP contribution in [0.4, 0.5) is 11.4 Å². The SMILES string of the molecule is COc1cccc(NC(=O)COC(=O)c2cccc(N3C(=O)[C@H]4CCCC[C@@H]4C3=O)c2)c1. The largest absolute Gasteiger partial charge is 0.497 e. The first-order chi connectivity index (χ1) is 15.5. The minimum Gasteiger partial charge on any atom is -0.497 e. The van der Waals surface area contributed by atoms with Crippen molar-refractivity contribution >= 4 is 35.1 Å². The number of methoxy groups -OCH3 is 1. The predicted octanol–water partition coefficient (Wildman–Crippen LogP) is 3.17. The molecule has 0 bridgehead atoms. The van der Waals surface area contributed by atoms with E-state index in [-0.39, 0.29) is 29.2 Å². The fraction of sp³-hybridized carbons (Fsp3) is 0.333. The maximum atomic E-state index is 12.8. The predicted molar refractivity (Wildman–Crippen MR) is 116 cm³/mol. The summed E-state index contributed by atoms with van der Waals surface area (Å²) in [5.74, 6) is -1.59. The van der Waals surface area contributed by atoms with Crippen LogP contribution in [0.5, 0.6) is 5.75 Å². The summed E-state index contributed by atoms with van der Waals surface area (Å²) < 4.78 is 10.2. The zero-order valence-electron chi connectivity index (χ0n) is 17.7. The second-order valence-corrected chi connectivity index (χ2v) is 7.92. The summed E-state index contributed by atoms with van der Waals surface area (Å²) in [5, 5.41) is 2.63. The number of hydrogen-bond acceptors (Lipinski definition) is 6. The van der Waals surface area contributed by atoms with Gasteiger partial charge in [-0.1, -0.05) is 25.0 Å². The van der Waals surface area contributed by atoms with Gasteiger partial charge in [0.2, 0.25) is 11.8 Å². The number of nitrogens with zero attached hydrogens (tertiary/aromatic N) is 1. The average Bonchev–Trinajstić information content (AvgIpc) is 3.08. The smallest absolute Gasteiger partial charge is 0.338 e. The molecule has 166 valence electrons. The third kappa shape index (κ3) is 4.34. The molecule has 2 fully saturated rings. The normalized spacial score (nSPS) is 20.0. The number of nitrogens with one attached hydrogen (secondary N) is 1. The van der Waals surface area contributed by atoms with Gasteiger partial charge in [-0.25, -0.2) is 4.79 Å². The van der Waals surface area contributed by atoms with Gasteiger partial charge in [0.25, 0.3) is 5.91 Å². The number of anilines is 2. The van der Waals surface area contributed by atoms with Crippen molar-refractivity contribution in [2.45, 2.75) is 25.7 Å². The fourth-order valence-electron chi connectivity index (χ4n) is 4.30. The van der Waals surface area contributed by atoms with Gasteiger partial charge in [0.15, 0.2) is 6.61 Å². The Kier molecular flexibility index (Phi) is 6.20. The highest BCUT2D eigenvalue weighted by atomic mass is 16.5. The summed E-state index contributed by atoms with van der Waals surface area (Å²) in [6.45, 7) is -0.480. The zero-order chi connectivity index (χ0) is 22.7. The Morgan fingerprint density at radius 3 is 2.38 bits per heavy atom. The van der Waals surface area contributed by atoms with E-state index in [0.29, 0.717) is 17.1 Å². The molecule has 1 saturated heterocycles. The number of ether oxygens (including phenoxy) is 2. The molecule has 2 atom stereocenters. The van der Waals surface area contributed by atoms with Crippen molar-refractivity contribution < 1.29 is 28.7 Å². The molecule has 8 nitrogen and oxygen atoms in total. The molecule has 32 heavy (non-hydrogen) atoms. The van der Waals surface area contributed by atoms with Crippen molar-refractivity contribution in [3.63, 3.8) is 0 Å². The Morgan fingerprint density at radius 1 is 1.00 bits per heavy atom. The Morgan fingerprint density at radius 2 is 1.69 bits per heavy atom. The van der Waals surface area contributed by atoms with Crippen LogP contribution < -0.4 is 15.0 Å². The van der Waals surface area contributed by atoms with E-state index in [1.165, 1.54) is 24.1 Å². The first-order valence-corrected chi connectivity index (χ1v) is 10.6. The number of hydrogen-bond donors (Lipinski definition) is 1. The lowest BCUT2D eigenvalue weighted by atomic mass is 9.81. The molecule has 1 heterocycles. The molecule has 4 rings (SSSR count). The van der Waals surface area contributed by atoms with E-state index in [9.17, 15) is 19.2 Å². The summed E-state index contributed by atoms with van der Waals surface area (Å²) in [5.41, 5.74) is 1.02. The van der Waals surface area contributed by atoms with E-state index >= 15 is 0 Å². The number of carbonyl (C=O) groups excluding carboxylic acids is 4. The zero-order valence-corrected chi connectivity index (χ0v) is 17.7. The molecule has 1 saturated carbocycles. The molecular formula is C24H24N2O6. The number of esters is 1. The molecular weight excluding hydrogens is 412 g/mol. The van der Waals surface area contributed by atoms with Crippen molar-refractivity contribution in [3.8, 4) is 5.75 Å². The summed E-state index contributed by atoms with van der Waals surface area (Å²) in [7, 11) is 1.52. The van der Waals surface area contributed by atoms with E-state index < -0.39 is 18.5 Å². The molecule has 2 aromatic rings. The average molecular weight is 436 g/mol. The van der Waals surface area contributed by atoms with Crippen LogP contribution in [0.2, 0.25) is 0 Å². The number of rotatable bonds is 6. The van der Waals surface area contributed by atoms with E-state index in [4.69, 9.17) is 9.47 Å². The van der Waals surface area contributed by atoms with Crippen molar-refractivity contribution in [3.05, 3.63) is 54.1 Å². The third-order valence-corrected chi connectivity index (χ3v) is 5.87. The van der Waals surface area contributed by atoms with Gasteiger partial charge in [0, 0.05) is 11.8 Å². The summed E-state index contributed by atoms with van der Waals surface area (Å²) in [6.07, 6.45) is 3.32. The topological polar surface area (TPSA) is 102 Å². The second kappa shape index (κ2) is 9.21. The monoisotopic (exact) mass is 436 g/mol. The molecule has 2 aromatic carbocycles. The van der Waals surface area contributed by atoms with Gasteiger partial charge in [-0.15, -0.1) is 0 Å². The molecule has 8 heteroatoms. The number of amides is 3. The highest BCUT2D eigenvalue weighted by Crippen LogP contribution is 2.40. The fourth-order valence-corrected chi connectivity index (χ4v) is 4.30. The van der Waals surface area contributed by atoms with Crippen LogP contribution in [0.15, 0.2) is 48.5 Å². The molecule has 1 aliphatic carbocycles. The Bertz CT molecular complexity index is 1040. The van der Waals surface area contributed by atoms with Gasteiger partial charge in [0.05, 0.1) is 30.2 Å². The van der Waals surface area contributed by atoms with E-state index in [0.717, 1.165) is 25.7 Å². The summed E-state index contributed by atoms with van der Waals surface area (Å²) in [4.78, 5) is 51.4. The highest BCUT2D eigenvalue weighted by Gasteiger charge is 2.48. The van der Waals surface area contributed by atoms with Gasteiger partial charge < -0.3 is 14.8 Å². The lowest BCUT2D eigenvalue weighted by Gasteiger charge is -2.19. The van der Waals surface area contributed by atoms with E-state index in [2.05, 4.69) is 5.32 Å². The van der Waals surface area contributed by atoms with Gasteiger partial charge in [-0.3, -0.25) is 19.3 Å². The lowest BCUT2D eigenvalue weighted by Crippen LogP contribution is -2.31. The van der Waals surface area contributed by atoms with E-state index in [1.54, 1.807) is 36.4 Å². The van der Waals surface area contributed by atoms with Crippen LogP contribution in [0.25, 0.3) is 0 Å². The van der Waals surface area contributed by atoms with Gasteiger partial charge in [-0.05, 0) is 43.2 Å². The van der Waals surface area contributed by atoms with Gasteiger partial charge in [-0.2, -0.15) is 0 Å². The lowest BCUT2D eigenvalue weighted by molar-refractivity contribution is -0.122. The van der Waals surface area contributed by atoms with Crippen molar-refractivity contribution in [1.82, 2.24) is 0 Å². The Hall–Kier alpha value is -3.68. The highest BCUT2D eigenvalue weighted by molar-refractivity contribution is 6.22. The van der Waals surface area contributed by atoms with Crippen LogP contribution in [0.1, 0.15) is 36.0 Å². The van der Waals surface area contributed by atoms with Crippen LogP contribution >= 0.6 is 0 Å². The number of benzene rings is 2. The van der Waals surface area contributed by atoms with Crippen molar-refractivity contribution in [2.75, 3.05) is 23.9 Å². The second-order valence-electron chi connectivity index (χ2n) is 7.92.